The average Bonchev–Trinajstić information content (AvgIpc) is 2.50. The maximum atomic E-state index is 12.1. The highest BCUT2D eigenvalue weighted by Gasteiger charge is 2.27. The summed E-state index contributed by atoms with van der Waals surface area (Å²) in [6.07, 6.45) is -1.97. The van der Waals surface area contributed by atoms with E-state index in [0.717, 1.165) is 0 Å². The maximum absolute atomic E-state index is 12.1. The third-order valence-electron chi connectivity index (χ3n) is 2.39. The number of halogens is 3. The van der Waals surface area contributed by atoms with Crippen LogP contribution in [0.3, 0.4) is 0 Å². The molecule has 0 aliphatic rings. The van der Waals surface area contributed by atoms with E-state index in [9.17, 15) is 18.0 Å². The molecule has 0 saturated carbocycles. The van der Waals surface area contributed by atoms with E-state index in [1.165, 1.54) is 24.0 Å². The number of esters is 1. The second-order valence-corrected chi connectivity index (χ2v) is 5.87. The molecule has 6 nitrogen and oxygen atoms in total. The smallest absolute Gasteiger partial charge is 0.405 e. The van der Waals surface area contributed by atoms with Gasteiger partial charge in [0.1, 0.15) is 12.4 Å². The molecule has 0 bridgehead atoms. The second-order valence-electron chi connectivity index (χ2n) is 4.40. The van der Waals surface area contributed by atoms with Gasteiger partial charge in [0.15, 0.2) is 10.3 Å². The quantitative estimate of drug-likeness (QED) is 0.234. The molecule has 0 amide bonds. The number of hydrogen-bond donors (Lipinski definition) is 2. The zero-order valence-electron chi connectivity index (χ0n) is 12.9. The monoisotopic (exact) mass is 382 g/mol. The predicted octanol–water partition coefficient (Wildman–Crippen LogP) is 2.76. The Hall–Kier alpha value is -1.62. The minimum Gasteiger partial charge on any atom is -0.466 e. The topological polar surface area (TPSA) is 76.1 Å². The number of alkyl halides is 3. The van der Waals surface area contributed by atoms with E-state index in [0.29, 0.717) is 30.4 Å². The van der Waals surface area contributed by atoms with Gasteiger partial charge in [-0.3, -0.25) is 4.79 Å². The number of nitrogens with one attached hydrogen (secondary N) is 2. The Balaban J connectivity index is 2.38. The van der Waals surface area contributed by atoms with Crippen LogP contribution in [0.4, 0.5) is 19.0 Å². The van der Waals surface area contributed by atoms with Gasteiger partial charge in [0, 0.05) is 18.4 Å². The molecule has 1 aromatic rings. The number of aromatic nitrogens is 2. The summed E-state index contributed by atoms with van der Waals surface area (Å²) in [5.41, 5.74) is 0. The fourth-order valence-electron chi connectivity index (χ4n) is 1.43. The Labute approximate surface area is 147 Å². The molecule has 0 aromatic carbocycles. The number of nitrogens with zero attached hydrogens (tertiary/aromatic N) is 2. The molecule has 0 spiro atoms. The number of hydrogen-bond acceptors (Lipinski definition) is 6. The summed E-state index contributed by atoms with van der Waals surface area (Å²) in [7, 11) is 0. The molecular weight excluding hydrogens is 365 g/mol. The zero-order chi connectivity index (χ0) is 18.0. The standard InChI is InChI=1S/C13H17F3N4O2S2/c1-2-22-10(21)4-3-7-24-12-17-6-5-9(20-12)19-11(23)18-8-13(14,15)16/h5-6H,2-4,7-8H2,1H3,(H2,17,18,19,20,23). The summed E-state index contributed by atoms with van der Waals surface area (Å²) in [4.78, 5) is 19.4. The van der Waals surface area contributed by atoms with Crippen molar-refractivity contribution in [3.8, 4) is 0 Å². The molecule has 0 aliphatic carbocycles. The van der Waals surface area contributed by atoms with Gasteiger partial charge in [-0.05, 0) is 31.6 Å². The number of ether oxygens (including phenoxy) is 1. The lowest BCUT2D eigenvalue weighted by Gasteiger charge is -2.12. The molecule has 2 N–H and O–H groups in total. The molecule has 0 fully saturated rings. The van der Waals surface area contributed by atoms with Crippen LogP contribution in [0, 0.1) is 0 Å². The largest absolute Gasteiger partial charge is 0.466 e. The lowest BCUT2D eigenvalue weighted by molar-refractivity contribution is -0.143. The molecular formula is C13H17F3N4O2S2. The van der Waals surface area contributed by atoms with Crippen LogP contribution in [0.15, 0.2) is 17.4 Å². The minimum absolute atomic E-state index is 0.177. The number of thiocarbonyl (C=S) groups is 1. The lowest BCUT2D eigenvalue weighted by atomic mass is 10.3. The average molecular weight is 382 g/mol. The molecule has 1 heterocycles. The predicted molar refractivity (Wildman–Crippen MR) is 88.9 cm³/mol. The molecule has 0 saturated heterocycles. The fraction of sp³-hybridized carbons (Fsp3) is 0.538. The number of thioether (sulfide) groups is 1. The lowest BCUT2D eigenvalue weighted by Crippen LogP contribution is -2.36. The first-order chi connectivity index (χ1) is 11.3. The Morgan fingerprint density at radius 3 is 2.88 bits per heavy atom. The third-order valence-corrected chi connectivity index (χ3v) is 3.58. The summed E-state index contributed by atoms with van der Waals surface area (Å²) in [6.45, 7) is 0.872. The Morgan fingerprint density at radius 2 is 2.21 bits per heavy atom. The SMILES string of the molecule is CCOC(=O)CCCSc1nccc(NC(=S)NCC(F)(F)F)n1. The van der Waals surface area contributed by atoms with Crippen LogP contribution < -0.4 is 10.6 Å². The van der Waals surface area contributed by atoms with Crippen molar-refractivity contribution in [2.75, 3.05) is 24.2 Å². The molecule has 24 heavy (non-hydrogen) atoms. The van der Waals surface area contributed by atoms with Crippen molar-refractivity contribution in [3.63, 3.8) is 0 Å². The van der Waals surface area contributed by atoms with Gasteiger partial charge in [0.2, 0.25) is 0 Å². The highest BCUT2D eigenvalue weighted by atomic mass is 32.2. The van der Waals surface area contributed by atoms with E-state index in [1.807, 2.05) is 5.32 Å². The van der Waals surface area contributed by atoms with Crippen molar-refractivity contribution < 1.29 is 22.7 Å². The molecule has 134 valence electrons. The van der Waals surface area contributed by atoms with Crippen molar-refractivity contribution in [1.82, 2.24) is 15.3 Å². The van der Waals surface area contributed by atoms with Gasteiger partial charge in [-0.25, -0.2) is 9.97 Å². The minimum atomic E-state index is -4.35. The van der Waals surface area contributed by atoms with Crippen LogP contribution in [-0.4, -0.2) is 46.1 Å². The summed E-state index contributed by atoms with van der Waals surface area (Å²) in [5.74, 6) is 0.645. The molecule has 0 aliphatic heterocycles. The highest BCUT2D eigenvalue weighted by Crippen LogP contribution is 2.16. The summed E-state index contributed by atoms with van der Waals surface area (Å²) >= 11 is 6.09. The zero-order valence-corrected chi connectivity index (χ0v) is 14.5. The summed E-state index contributed by atoms with van der Waals surface area (Å²) in [6, 6.07) is 1.49. The van der Waals surface area contributed by atoms with Crippen LogP contribution in [0.1, 0.15) is 19.8 Å². The van der Waals surface area contributed by atoms with Crippen LogP contribution in [-0.2, 0) is 9.53 Å². The van der Waals surface area contributed by atoms with Gasteiger partial charge in [0.05, 0.1) is 6.61 Å². The van der Waals surface area contributed by atoms with Crippen LogP contribution in [0.25, 0.3) is 0 Å². The first-order valence-electron chi connectivity index (χ1n) is 7.03. The normalized spacial score (nSPS) is 11.0. The van der Waals surface area contributed by atoms with E-state index in [-0.39, 0.29) is 16.9 Å². The van der Waals surface area contributed by atoms with E-state index >= 15 is 0 Å². The van der Waals surface area contributed by atoms with Crippen LogP contribution >= 0.6 is 24.0 Å². The van der Waals surface area contributed by atoms with E-state index in [4.69, 9.17) is 17.0 Å². The van der Waals surface area contributed by atoms with Crippen LogP contribution in [0.2, 0.25) is 0 Å². The number of rotatable bonds is 8. The second kappa shape index (κ2) is 10.3. The number of carbonyl (C=O) groups is 1. The van der Waals surface area contributed by atoms with E-state index < -0.39 is 12.7 Å². The fourth-order valence-corrected chi connectivity index (χ4v) is 2.38. The first kappa shape index (κ1) is 20.4. The first-order valence-corrected chi connectivity index (χ1v) is 8.42. The molecule has 0 radical (unpaired) electrons. The molecule has 1 aromatic heterocycles. The molecule has 0 atom stereocenters. The third kappa shape index (κ3) is 9.50. The Bertz CT molecular complexity index is 558. The van der Waals surface area contributed by atoms with Gasteiger partial charge >= 0.3 is 12.1 Å². The van der Waals surface area contributed by atoms with Crippen molar-refractivity contribution >= 4 is 40.9 Å². The summed E-state index contributed by atoms with van der Waals surface area (Å²) < 4.78 is 41.1. The molecule has 0 unspecified atom stereocenters. The van der Waals surface area contributed by atoms with Gasteiger partial charge in [-0.15, -0.1) is 0 Å². The van der Waals surface area contributed by atoms with Crippen LogP contribution in [0.5, 0.6) is 0 Å². The maximum Gasteiger partial charge on any atom is 0.405 e. The molecule has 1 rings (SSSR count). The van der Waals surface area contributed by atoms with Crippen molar-refractivity contribution in [2.24, 2.45) is 0 Å². The Morgan fingerprint density at radius 1 is 1.46 bits per heavy atom. The number of carbonyl (C=O) groups excluding carboxylic acids is 1. The van der Waals surface area contributed by atoms with Crippen molar-refractivity contribution in [3.05, 3.63) is 12.3 Å². The van der Waals surface area contributed by atoms with Gasteiger partial charge in [0.25, 0.3) is 0 Å². The van der Waals surface area contributed by atoms with Gasteiger partial charge in [-0.2, -0.15) is 13.2 Å². The highest BCUT2D eigenvalue weighted by molar-refractivity contribution is 7.99. The van der Waals surface area contributed by atoms with E-state index in [2.05, 4.69) is 15.3 Å². The van der Waals surface area contributed by atoms with Gasteiger partial charge in [-0.1, -0.05) is 11.8 Å². The summed E-state index contributed by atoms with van der Waals surface area (Å²) in [5, 5.41) is 4.86. The number of anilines is 1. The van der Waals surface area contributed by atoms with Gasteiger partial charge < -0.3 is 15.4 Å². The molecule has 11 heteroatoms. The van der Waals surface area contributed by atoms with Crippen molar-refractivity contribution in [2.45, 2.75) is 31.1 Å². The Kier molecular flexibility index (Phi) is 8.76. The van der Waals surface area contributed by atoms with Crippen molar-refractivity contribution in [1.29, 1.82) is 0 Å². The van der Waals surface area contributed by atoms with E-state index in [1.54, 1.807) is 6.92 Å².